The van der Waals surface area contributed by atoms with Crippen LogP contribution < -0.4 is 5.46 Å². The standard InChI is InChI=1S/C13H19BO2S/c15-14(16)12-8-6-11(7-9-12)10-17-13-4-2-1-3-5-13/h6-9,13,15-16H,1-5,10H2. The molecule has 0 unspecified atom stereocenters. The molecule has 2 nitrogen and oxygen atoms in total. The van der Waals surface area contributed by atoms with Crippen molar-refractivity contribution in [2.45, 2.75) is 43.1 Å². The largest absolute Gasteiger partial charge is 0.488 e. The summed E-state index contributed by atoms with van der Waals surface area (Å²) in [6.07, 6.45) is 6.89. The predicted molar refractivity (Wildman–Crippen MR) is 74.4 cm³/mol. The lowest BCUT2D eigenvalue weighted by molar-refractivity contribution is 0.426. The lowest BCUT2D eigenvalue weighted by Gasteiger charge is -2.20. The predicted octanol–water partition coefficient (Wildman–Crippen LogP) is 1.93. The second-order valence-corrected chi connectivity index (χ2v) is 5.97. The molecule has 1 fully saturated rings. The smallest absolute Gasteiger partial charge is 0.423 e. The van der Waals surface area contributed by atoms with Crippen LogP contribution in [0.5, 0.6) is 0 Å². The number of rotatable bonds is 4. The van der Waals surface area contributed by atoms with Crippen molar-refractivity contribution in [2.24, 2.45) is 0 Å². The molecule has 17 heavy (non-hydrogen) atoms. The molecule has 0 bridgehead atoms. The van der Waals surface area contributed by atoms with Crippen molar-refractivity contribution in [2.75, 3.05) is 0 Å². The van der Waals surface area contributed by atoms with E-state index >= 15 is 0 Å². The molecule has 92 valence electrons. The first-order valence-corrected chi connectivity index (χ1v) is 7.37. The van der Waals surface area contributed by atoms with E-state index in [-0.39, 0.29) is 0 Å². The molecule has 0 heterocycles. The molecule has 0 saturated heterocycles. The summed E-state index contributed by atoms with van der Waals surface area (Å²) in [5, 5.41) is 18.8. The Hall–Kier alpha value is -0.445. The molecule has 0 radical (unpaired) electrons. The minimum absolute atomic E-state index is 0.566. The first-order chi connectivity index (χ1) is 8.25. The van der Waals surface area contributed by atoms with Crippen molar-refractivity contribution in [3.8, 4) is 0 Å². The molecule has 2 rings (SSSR count). The van der Waals surface area contributed by atoms with Crippen LogP contribution in [0.3, 0.4) is 0 Å². The number of hydrogen-bond donors (Lipinski definition) is 2. The molecular formula is C13H19BO2S. The van der Waals surface area contributed by atoms with Gasteiger partial charge in [-0.1, -0.05) is 43.5 Å². The summed E-state index contributed by atoms with van der Waals surface area (Å²) in [4.78, 5) is 0. The number of thioether (sulfide) groups is 1. The second-order valence-electron chi connectivity index (χ2n) is 4.69. The summed E-state index contributed by atoms with van der Waals surface area (Å²) in [6, 6.07) is 7.57. The van der Waals surface area contributed by atoms with Gasteiger partial charge in [0.15, 0.2) is 0 Å². The van der Waals surface area contributed by atoms with E-state index in [2.05, 4.69) is 0 Å². The zero-order chi connectivity index (χ0) is 12.1. The Bertz CT molecular complexity index is 334. The fourth-order valence-corrected chi connectivity index (χ4v) is 3.52. The van der Waals surface area contributed by atoms with E-state index in [1.54, 1.807) is 12.1 Å². The van der Waals surface area contributed by atoms with Crippen molar-refractivity contribution in [3.05, 3.63) is 29.8 Å². The third kappa shape index (κ3) is 4.05. The molecular weight excluding hydrogens is 231 g/mol. The molecule has 1 aliphatic rings. The Morgan fingerprint density at radius 3 is 2.29 bits per heavy atom. The van der Waals surface area contributed by atoms with E-state index in [9.17, 15) is 0 Å². The van der Waals surface area contributed by atoms with E-state index in [4.69, 9.17) is 10.0 Å². The van der Waals surface area contributed by atoms with E-state index in [0.717, 1.165) is 11.0 Å². The van der Waals surface area contributed by atoms with Crippen LogP contribution in [-0.4, -0.2) is 22.4 Å². The Morgan fingerprint density at radius 2 is 1.71 bits per heavy atom. The van der Waals surface area contributed by atoms with Crippen LogP contribution in [0.15, 0.2) is 24.3 Å². The van der Waals surface area contributed by atoms with Gasteiger partial charge < -0.3 is 10.0 Å². The first-order valence-electron chi connectivity index (χ1n) is 6.32. The van der Waals surface area contributed by atoms with Gasteiger partial charge in [0.25, 0.3) is 0 Å². The molecule has 2 N–H and O–H groups in total. The zero-order valence-corrected chi connectivity index (χ0v) is 10.8. The number of hydrogen-bond acceptors (Lipinski definition) is 3. The van der Waals surface area contributed by atoms with E-state index < -0.39 is 7.12 Å². The van der Waals surface area contributed by atoms with Gasteiger partial charge in [-0.05, 0) is 23.9 Å². The van der Waals surface area contributed by atoms with Crippen LogP contribution in [-0.2, 0) is 5.75 Å². The van der Waals surface area contributed by atoms with Crippen molar-refractivity contribution in [1.29, 1.82) is 0 Å². The Morgan fingerprint density at radius 1 is 1.06 bits per heavy atom. The molecule has 1 aromatic rings. The van der Waals surface area contributed by atoms with Gasteiger partial charge in [-0.3, -0.25) is 0 Å². The van der Waals surface area contributed by atoms with Gasteiger partial charge in [-0.2, -0.15) is 11.8 Å². The van der Waals surface area contributed by atoms with Gasteiger partial charge in [0.2, 0.25) is 0 Å². The van der Waals surface area contributed by atoms with Crippen molar-refractivity contribution in [3.63, 3.8) is 0 Å². The van der Waals surface area contributed by atoms with Crippen LogP contribution in [0.2, 0.25) is 0 Å². The van der Waals surface area contributed by atoms with Crippen LogP contribution in [0.4, 0.5) is 0 Å². The Balaban J connectivity index is 1.82. The first kappa shape index (κ1) is 13.0. The SMILES string of the molecule is OB(O)c1ccc(CSC2CCCCC2)cc1. The minimum atomic E-state index is -1.35. The van der Waals surface area contributed by atoms with Crippen LogP contribution >= 0.6 is 11.8 Å². The summed E-state index contributed by atoms with van der Waals surface area (Å²) < 4.78 is 0. The summed E-state index contributed by atoms with van der Waals surface area (Å²) in [5.74, 6) is 1.03. The fraction of sp³-hybridized carbons (Fsp3) is 0.538. The lowest BCUT2D eigenvalue weighted by atomic mass is 9.80. The van der Waals surface area contributed by atoms with E-state index in [1.165, 1.54) is 37.7 Å². The quantitative estimate of drug-likeness (QED) is 0.802. The Labute approximate surface area is 108 Å². The van der Waals surface area contributed by atoms with Crippen LogP contribution in [0.1, 0.15) is 37.7 Å². The van der Waals surface area contributed by atoms with Gasteiger partial charge in [-0.25, -0.2) is 0 Å². The van der Waals surface area contributed by atoms with Gasteiger partial charge in [0.05, 0.1) is 0 Å². The van der Waals surface area contributed by atoms with Gasteiger partial charge in [0.1, 0.15) is 0 Å². The lowest BCUT2D eigenvalue weighted by Crippen LogP contribution is -2.29. The van der Waals surface area contributed by atoms with Gasteiger partial charge in [-0.15, -0.1) is 0 Å². The highest BCUT2D eigenvalue weighted by Gasteiger charge is 2.14. The van der Waals surface area contributed by atoms with E-state index in [1.807, 2.05) is 23.9 Å². The second kappa shape index (κ2) is 6.48. The fourth-order valence-electron chi connectivity index (χ4n) is 2.23. The summed E-state index contributed by atoms with van der Waals surface area (Å²) in [5.41, 5.74) is 1.83. The minimum Gasteiger partial charge on any atom is -0.423 e. The van der Waals surface area contributed by atoms with Crippen LogP contribution in [0.25, 0.3) is 0 Å². The average Bonchev–Trinajstić information content (AvgIpc) is 2.38. The number of benzene rings is 1. The summed E-state index contributed by atoms with van der Waals surface area (Å²) >= 11 is 2.04. The molecule has 4 heteroatoms. The topological polar surface area (TPSA) is 40.5 Å². The molecule has 0 spiro atoms. The van der Waals surface area contributed by atoms with Gasteiger partial charge in [0, 0.05) is 11.0 Å². The molecule has 1 aliphatic carbocycles. The van der Waals surface area contributed by atoms with E-state index in [0.29, 0.717) is 5.46 Å². The van der Waals surface area contributed by atoms with Crippen molar-refractivity contribution in [1.82, 2.24) is 0 Å². The molecule has 0 amide bonds. The molecule has 0 aromatic heterocycles. The maximum absolute atomic E-state index is 9.00. The Kier molecular flexibility index (Phi) is 4.95. The molecule has 1 aromatic carbocycles. The van der Waals surface area contributed by atoms with Crippen molar-refractivity contribution >= 4 is 24.3 Å². The maximum atomic E-state index is 9.00. The van der Waals surface area contributed by atoms with Crippen molar-refractivity contribution < 1.29 is 10.0 Å². The average molecular weight is 250 g/mol. The molecule has 1 saturated carbocycles. The maximum Gasteiger partial charge on any atom is 0.488 e. The van der Waals surface area contributed by atoms with Crippen LogP contribution in [0, 0.1) is 0 Å². The summed E-state index contributed by atoms with van der Waals surface area (Å²) in [7, 11) is -1.35. The summed E-state index contributed by atoms with van der Waals surface area (Å²) in [6.45, 7) is 0. The highest BCUT2D eigenvalue weighted by atomic mass is 32.2. The highest BCUT2D eigenvalue weighted by Crippen LogP contribution is 2.30. The third-order valence-electron chi connectivity index (χ3n) is 3.32. The molecule has 0 atom stereocenters. The highest BCUT2D eigenvalue weighted by molar-refractivity contribution is 7.99. The third-order valence-corrected chi connectivity index (χ3v) is 4.76. The monoisotopic (exact) mass is 250 g/mol. The van der Waals surface area contributed by atoms with Gasteiger partial charge >= 0.3 is 7.12 Å². The zero-order valence-electron chi connectivity index (χ0n) is 10.0. The molecule has 0 aliphatic heterocycles. The normalized spacial score (nSPS) is 17.1.